The number of rotatable bonds is 6. The number of hydrogen-bond acceptors (Lipinski definition) is 4. The fourth-order valence-electron chi connectivity index (χ4n) is 6.82. The maximum Gasteiger partial charge on any atom is 0.216 e. The first kappa shape index (κ1) is 36.2. The van der Waals surface area contributed by atoms with Crippen LogP contribution in [0.4, 0.5) is 0 Å². The molecule has 0 amide bonds. The van der Waals surface area contributed by atoms with Crippen LogP contribution in [0.1, 0.15) is 64.0 Å². The quantitative estimate of drug-likeness (QED) is 0.124. The molecule has 6 heteroatoms. The summed E-state index contributed by atoms with van der Waals surface area (Å²) in [6.07, 6.45) is 14.9. The van der Waals surface area contributed by atoms with Crippen molar-refractivity contribution in [2.75, 3.05) is 0 Å². The van der Waals surface area contributed by atoms with Gasteiger partial charge in [0.1, 0.15) is 0 Å². The van der Waals surface area contributed by atoms with Crippen molar-refractivity contribution in [2.24, 2.45) is 11.3 Å². The van der Waals surface area contributed by atoms with E-state index < -0.39 is 13.3 Å². The third-order valence-corrected chi connectivity index (χ3v) is 13.4. The summed E-state index contributed by atoms with van der Waals surface area (Å²) in [5, 5.41) is 2.11. The second-order valence-electron chi connectivity index (χ2n) is 15.3. The van der Waals surface area contributed by atoms with Crippen LogP contribution in [0.5, 0.6) is 0 Å². The first-order valence-electron chi connectivity index (χ1n) is 17.1. The van der Waals surface area contributed by atoms with Crippen LogP contribution < -0.4 is 4.40 Å². The number of fused-ring (bicyclic) bond motifs is 3. The summed E-state index contributed by atoms with van der Waals surface area (Å²) < 4.78 is 7.58. The van der Waals surface area contributed by atoms with Gasteiger partial charge in [-0.25, -0.2) is 4.98 Å². The molecule has 2 aromatic carbocycles. The van der Waals surface area contributed by atoms with Crippen molar-refractivity contribution in [2.45, 2.75) is 83.0 Å². The molecule has 0 unspecified atom stereocenters. The van der Waals surface area contributed by atoms with Crippen molar-refractivity contribution in [1.29, 1.82) is 0 Å². The molecule has 1 radical (unpaired) electrons. The van der Waals surface area contributed by atoms with Gasteiger partial charge in [-0.3, -0.25) is 0 Å². The third-order valence-electron chi connectivity index (χ3n) is 9.04. The summed E-state index contributed by atoms with van der Waals surface area (Å²) in [4.78, 5) is 13.7. The van der Waals surface area contributed by atoms with E-state index in [1.807, 2.05) is 48.7 Å². The topological polar surface area (TPSA) is 51.8 Å². The molecule has 251 valence electrons. The van der Waals surface area contributed by atoms with E-state index in [1.54, 1.807) is 6.20 Å². The Morgan fingerprint density at radius 2 is 1.62 bits per heavy atom. The van der Waals surface area contributed by atoms with Gasteiger partial charge in [0, 0.05) is 37.9 Å². The Hall–Kier alpha value is -3.12. The molecule has 1 aliphatic rings. The summed E-state index contributed by atoms with van der Waals surface area (Å²) in [5.41, 5.74) is 8.62. The average Bonchev–Trinajstić information content (AvgIpc) is 3.44. The number of furan rings is 1. The standard InChI is InChI=1S/C23H21N2O.C19H26GeN.Ir/c1-2-6-16(7-3-1)14-17-11-13-24-21(15-17)20-9-4-8-18-19-10-5-12-25-23(19)26-22(18)20;1-19(2,3)13-16-12-18(15-10-8-7-9-11-15)21-14-17(16)20(4,5)6;/h4-5,8,10-13,15-16H,1-3,6-7,14H2;7-10,12,14H,13H2,1-6H3;/q2*-1;. The Labute approximate surface area is 302 Å². The second kappa shape index (κ2) is 15.6. The van der Waals surface area contributed by atoms with Gasteiger partial charge < -0.3 is 9.40 Å². The smallest absolute Gasteiger partial charge is 0.216 e. The van der Waals surface area contributed by atoms with Crippen molar-refractivity contribution < 1.29 is 24.5 Å². The van der Waals surface area contributed by atoms with Crippen LogP contribution in [0, 0.1) is 23.5 Å². The van der Waals surface area contributed by atoms with Crippen molar-refractivity contribution >= 4 is 39.7 Å². The molecule has 0 saturated heterocycles. The van der Waals surface area contributed by atoms with E-state index in [4.69, 9.17) is 9.40 Å². The molecule has 1 fully saturated rings. The van der Waals surface area contributed by atoms with Crippen LogP contribution in [0.15, 0.2) is 89.7 Å². The van der Waals surface area contributed by atoms with Gasteiger partial charge in [0.05, 0.1) is 5.58 Å². The summed E-state index contributed by atoms with van der Waals surface area (Å²) in [7, 11) is 0. The minimum absolute atomic E-state index is 0. The minimum atomic E-state index is -1.90. The van der Waals surface area contributed by atoms with E-state index in [0.717, 1.165) is 57.6 Å². The van der Waals surface area contributed by atoms with Crippen LogP contribution >= 0.6 is 0 Å². The molecule has 0 aliphatic heterocycles. The van der Waals surface area contributed by atoms with Crippen molar-refractivity contribution in [3.8, 4) is 22.5 Å². The van der Waals surface area contributed by atoms with Gasteiger partial charge in [0.25, 0.3) is 0 Å². The second-order valence-corrected chi connectivity index (χ2v) is 25.9. The fourth-order valence-corrected chi connectivity index (χ4v) is 10.1. The van der Waals surface area contributed by atoms with E-state index in [2.05, 4.69) is 90.6 Å². The molecule has 1 aliphatic carbocycles. The molecule has 4 nitrogen and oxygen atoms in total. The van der Waals surface area contributed by atoms with Gasteiger partial charge in [-0.2, -0.15) is 0 Å². The molecule has 4 heterocycles. The Balaban J connectivity index is 0.000000189. The van der Waals surface area contributed by atoms with E-state index in [9.17, 15) is 0 Å². The van der Waals surface area contributed by atoms with Crippen LogP contribution in [-0.2, 0) is 32.9 Å². The van der Waals surface area contributed by atoms with E-state index in [1.165, 1.54) is 47.6 Å². The van der Waals surface area contributed by atoms with Gasteiger partial charge in [0.15, 0.2) is 0 Å². The van der Waals surface area contributed by atoms with Crippen LogP contribution in [0.25, 0.3) is 44.6 Å². The van der Waals surface area contributed by atoms with Crippen molar-refractivity contribution in [3.63, 3.8) is 0 Å². The summed E-state index contributed by atoms with van der Waals surface area (Å²) in [5.74, 6) is 8.14. The number of pyridine rings is 3. The van der Waals surface area contributed by atoms with E-state index >= 15 is 0 Å². The van der Waals surface area contributed by atoms with Gasteiger partial charge in [-0.15, -0.1) is 18.2 Å². The number of benzene rings is 2. The maximum absolute atomic E-state index is 6.05. The SMILES string of the molecule is CC(C)(C)Cc1cc(-c2[c-]cccc2)nc[c]1[Ge]([CH3])([CH3])[CH3].[Ir].[c-]1ccc2c(oc3ncccc32)c1-c1cc(CC2CCCCC2)ccn1. The molecular weight excluding hydrogens is 827 g/mol. The molecule has 7 rings (SSSR count). The maximum atomic E-state index is 6.05. The normalized spacial score (nSPS) is 14.0. The molecule has 48 heavy (non-hydrogen) atoms. The minimum Gasteiger partial charge on any atom is -0.486 e. The monoisotopic (exact) mass is 876 g/mol. The Kier molecular flexibility index (Phi) is 11.8. The zero-order chi connectivity index (χ0) is 33.0. The van der Waals surface area contributed by atoms with Gasteiger partial charge in [0.2, 0.25) is 5.71 Å². The van der Waals surface area contributed by atoms with Gasteiger partial charge in [-0.1, -0.05) is 54.7 Å². The molecule has 0 N–H and O–H groups in total. The number of nitrogens with zero attached hydrogens (tertiary/aromatic N) is 3. The van der Waals surface area contributed by atoms with E-state index in [0.29, 0.717) is 11.1 Å². The molecule has 1 saturated carbocycles. The third kappa shape index (κ3) is 8.91. The fraction of sp³-hybridized carbons (Fsp3) is 0.357. The zero-order valence-electron chi connectivity index (χ0n) is 29.2. The Morgan fingerprint density at radius 1 is 0.812 bits per heavy atom. The van der Waals surface area contributed by atoms with Gasteiger partial charge in [-0.05, 0) is 36.2 Å². The van der Waals surface area contributed by atoms with Crippen LogP contribution in [-0.4, -0.2) is 28.2 Å². The van der Waals surface area contributed by atoms with Crippen LogP contribution in [0.3, 0.4) is 0 Å². The molecule has 6 aromatic rings. The molecular formula is C42H47GeIrN3O-2. The molecule has 0 spiro atoms. The zero-order valence-corrected chi connectivity index (χ0v) is 33.7. The average molecular weight is 875 g/mol. The number of hydrogen-bond donors (Lipinski definition) is 0. The first-order valence-corrected chi connectivity index (χ1v) is 24.5. The molecule has 4 aromatic heterocycles. The molecule has 0 bridgehead atoms. The van der Waals surface area contributed by atoms with Crippen molar-refractivity contribution in [3.05, 3.63) is 109 Å². The first-order chi connectivity index (χ1) is 22.5. The summed E-state index contributed by atoms with van der Waals surface area (Å²) in [6.45, 7) is 6.92. The predicted molar refractivity (Wildman–Crippen MR) is 199 cm³/mol. The largest absolute Gasteiger partial charge is 0.486 e. The van der Waals surface area contributed by atoms with E-state index in [-0.39, 0.29) is 20.1 Å². The summed E-state index contributed by atoms with van der Waals surface area (Å²) in [6, 6.07) is 29.3. The van der Waals surface area contributed by atoms with Gasteiger partial charge >= 0.3 is 132 Å². The predicted octanol–water partition coefficient (Wildman–Crippen LogP) is 10.6. The number of aromatic nitrogens is 3. The van der Waals surface area contributed by atoms with Crippen molar-refractivity contribution in [1.82, 2.24) is 15.0 Å². The molecule has 0 atom stereocenters. The Morgan fingerprint density at radius 3 is 2.35 bits per heavy atom. The summed E-state index contributed by atoms with van der Waals surface area (Å²) >= 11 is -1.90. The Bertz CT molecular complexity index is 1950. The van der Waals surface area contributed by atoms with Crippen LogP contribution in [0.2, 0.25) is 17.3 Å².